The van der Waals surface area contributed by atoms with Crippen LogP contribution in [-0.4, -0.2) is 17.7 Å². The van der Waals surface area contributed by atoms with Crippen molar-refractivity contribution in [3.63, 3.8) is 0 Å². The number of hydrogen-bond donors (Lipinski definition) is 1. The Morgan fingerprint density at radius 2 is 2.21 bits per heavy atom. The van der Waals surface area contributed by atoms with Crippen molar-refractivity contribution >= 4 is 5.97 Å². The van der Waals surface area contributed by atoms with Crippen molar-refractivity contribution in [2.75, 3.05) is 6.61 Å². The van der Waals surface area contributed by atoms with Crippen molar-refractivity contribution in [1.29, 1.82) is 0 Å². The molecule has 0 aromatic heterocycles. The Labute approximate surface area is 82.6 Å². The molecule has 74 valence electrons. The van der Waals surface area contributed by atoms with Crippen molar-refractivity contribution in [2.45, 2.75) is 6.42 Å². The summed E-state index contributed by atoms with van der Waals surface area (Å²) in [5.41, 5.74) is 0.879. The van der Waals surface area contributed by atoms with Crippen molar-refractivity contribution in [1.82, 2.24) is 0 Å². The van der Waals surface area contributed by atoms with E-state index in [2.05, 4.69) is 6.58 Å². The zero-order valence-corrected chi connectivity index (χ0v) is 7.77. The molecular formula is C11H12O3. The van der Waals surface area contributed by atoms with Crippen LogP contribution < -0.4 is 4.74 Å². The highest BCUT2D eigenvalue weighted by molar-refractivity contribution is 5.73. The summed E-state index contributed by atoms with van der Waals surface area (Å²) in [6.45, 7) is 3.00. The van der Waals surface area contributed by atoms with Crippen LogP contribution in [0.15, 0.2) is 36.9 Å². The second-order valence-electron chi connectivity index (χ2n) is 2.73. The lowest BCUT2D eigenvalue weighted by Crippen LogP contribution is -2.13. The number of para-hydroxylation sites is 1. The van der Waals surface area contributed by atoms with Gasteiger partial charge in [-0.15, -0.1) is 6.58 Å². The van der Waals surface area contributed by atoms with Crippen molar-refractivity contribution in [2.24, 2.45) is 0 Å². The summed E-state index contributed by atoms with van der Waals surface area (Å²) in [4.78, 5) is 10.8. The number of hydrogen-bond acceptors (Lipinski definition) is 3. The molecule has 1 aromatic carbocycles. The molecule has 0 aliphatic rings. The van der Waals surface area contributed by atoms with Gasteiger partial charge < -0.3 is 9.84 Å². The molecule has 0 heterocycles. The number of benzene rings is 1. The minimum atomic E-state index is -0.651. The fourth-order valence-corrected chi connectivity index (χ4v) is 1.08. The van der Waals surface area contributed by atoms with Gasteiger partial charge in [-0.1, -0.05) is 24.3 Å². The van der Waals surface area contributed by atoms with Crippen LogP contribution >= 0.6 is 0 Å². The maximum Gasteiger partial charge on any atom is 0.337 e. The molecule has 0 radical (unpaired) electrons. The lowest BCUT2D eigenvalue weighted by molar-refractivity contribution is -0.137. The number of aliphatic hydroxyl groups is 1. The highest BCUT2D eigenvalue weighted by Gasteiger charge is 2.05. The molecule has 3 nitrogen and oxygen atoms in total. The molecule has 3 heteroatoms. The van der Waals surface area contributed by atoms with Crippen molar-refractivity contribution in [3.05, 3.63) is 42.5 Å². The highest BCUT2D eigenvalue weighted by Crippen LogP contribution is 2.18. The van der Waals surface area contributed by atoms with E-state index in [-0.39, 0.29) is 0 Å². The van der Waals surface area contributed by atoms with Gasteiger partial charge in [0, 0.05) is 0 Å². The Bertz CT molecular complexity index is 331. The number of ether oxygens (including phenoxy) is 1. The molecule has 0 bridgehead atoms. The predicted molar refractivity (Wildman–Crippen MR) is 53.1 cm³/mol. The number of aliphatic hydroxyl groups excluding tert-OH is 1. The van der Waals surface area contributed by atoms with E-state index in [1.54, 1.807) is 18.2 Å². The van der Waals surface area contributed by atoms with Gasteiger partial charge in [-0.2, -0.15) is 0 Å². The summed E-state index contributed by atoms with van der Waals surface area (Å²) in [5, 5.41) is 8.52. The largest absolute Gasteiger partial charge is 0.425 e. The van der Waals surface area contributed by atoms with Crippen molar-refractivity contribution in [3.8, 4) is 5.75 Å². The fourth-order valence-electron chi connectivity index (χ4n) is 1.08. The zero-order chi connectivity index (χ0) is 10.4. The minimum absolute atomic E-state index is 0.478. The van der Waals surface area contributed by atoms with E-state index in [0.29, 0.717) is 12.2 Å². The van der Waals surface area contributed by atoms with Gasteiger partial charge in [-0.05, 0) is 18.1 Å². The molecular weight excluding hydrogens is 180 g/mol. The van der Waals surface area contributed by atoms with Crippen LogP contribution in [0.2, 0.25) is 0 Å². The van der Waals surface area contributed by atoms with E-state index in [4.69, 9.17) is 9.84 Å². The Hall–Kier alpha value is -1.61. The molecule has 0 atom stereocenters. The van der Waals surface area contributed by atoms with Gasteiger partial charge in [-0.3, -0.25) is 0 Å². The molecule has 1 aromatic rings. The molecule has 0 saturated heterocycles. The van der Waals surface area contributed by atoms with E-state index >= 15 is 0 Å². The summed E-state index contributed by atoms with van der Waals surface area (Å²) >= 11 is 0. The molecule has 0 spiro atoms. The molecule has 1 N–H and O–H groups in total. The quantitative estimate of drug-likeness (QED) is 0.444. The number of allylic oxidation sites excluding steroid dienone is 1. The SMILES string of the molecule is C=CCc1ccccc1OC(=O)CO. The third-order valence-corrected chi connectivity index (χ3v) is 1.69. The van der Waals surface area contributed by atoms with Gasteiger partial charge in [0.25, 0.3) is 0 Å². The second kappa shape index (κ2) is 5.19. The lowest BCUT2D eigenvalue weighted by Gasteiger charge is -2.06. The molecule has 0 amide bonds. The van der Waals surface area contributed by atoms with Crippen molar-refractivity contribution < 1.29 is 14.6 Å². The molecule has 0 fully saturated rings. The summed E-state index contributed by atoms with van der Waals surface area (Å²) < 4.78 is 4.91. The van der Waals surface area contributed by atoms with E-state index in [0.717, 1.165) is 5.56 Å². The van der Waals surface area contributed by atoms with Crippen LogP contribution in [0.3, 0.4) is 0 Å². The van der Waals surface area contributed by atoms with Crippen LogP contribution in [0.25, 0.3) is 0 Å². The molecule has 0 unspecified atom stereocenters. The maximum absolute atomic E-state index is 10.8. The molecule has 0 aliphatic heterocycles. The summed E-state index contributed by atoms with van der Waals surface area (Å²) in [7, 11) is 0. The van der Waals surface area contributed by atoms with Gasteiger partial charge in [0.05, 0.1) is 0 Å². The number of carbonyl (C=O) groups is 1. The van der Waals surface area contributed by atoms with E-state index in [1.807, 2.05) is 12.1 Å². The highest BCUT2D eigenvalue weighted by atomic mass is 16.5. The normalized spacial score (nSPS) is 9.50. The smallest absolute Gasteiger partial charge is 0.337 e. The second-order valence-corrected chi connectivity index (χ2v) is 2.73. The summed E-state index contributed by atoms with van der Waals surface area (Å²) in [5.74, 6) is -0.173. The average molecular weight is 192 g/mol. The first-order valence-corrected chi connectivity index (χ1v) is 4.28. The van der Waals surface area contributed by atoms with Gasteiger partial charge >= 0.3 is 5.97 Å². The zero-order valence-electron chi connectivity index (χ0n) is 7.77. The van der Waals surface area contributed by atoms with Crippen LogP contribution in [0.1, 0.15) is 5.56 Å². The standard InChI is InChI=1S/C11H12O3/c1-2-5-9-6-3-4-7-10(9)14-11(13)8-12/h2-4,6-7,12H,1,5,8H2. The summed E-state index contributed by atoms with van der Waals surface area (Å²) in [6, 6.07) is 7.16. The minimum Gasteiger partial charge on any atom is -0.425 e. The molecule has 0 aliphatic carbocycles. The average Bonchev–Trinajstić information content (AvgIpc) is 2.21. The van der Waals surface area contributed by atoms with E-state index < -0.39 is 12.6 Å². The first-order chi connectivity index (χ1) is 6.77. The van der Waals surface area contributed by atoms with Crippen LogP contribution in [-0.2, 0) is 11.2 Å². The number of rotatable bonds is 4. The van der Waals surface area contributed by atoms with Crippen LogP contribution in [0, 0.1) is 0 Å². The first-order valence-electron chi connectivity index (χ1n) is 4.28. The third-order valence-electron chi connectivity index (χ3n) is 1.69. The van der Waals surface area contributed by atoms with E-state index in [9.17, 15) is 4.79 Å². The predicted octanol–water partition coefficient (Wildman–Crippen LogP) is 1.31. The third kappa shape index (κ3) is 2.71. The number of carbonyl (C=O) groups excluding carboxylic acids is 1. The van der Waals surface area contributed by atoms with Crippen LogP contribution in [0.5, 0.6) is 5.75 Å². The molecule has 14 heavy (non-hydrogen) atoms. The lowest BCUT2D eigenvalue weighted by atomic mass is 10.1. The Balaban J connectivity index is 2.83. The van der Waals surface area contributed by atoms with Gasteiger partial charge in [0.15, 0.2) is 0 Å². The van der Waals surface area contributed by atoms with Gasteiger partial charge in [0.1, 0.15) is 12.4 Å². The monoisotopic (exact) mass is 192 g/mol. The summed E-state index contributed by atoms with van der Waals surface area (Å²) in [6.07, 6.45) is 2.36. The maximum atomic E-state index is 10.8. The fraction of sp³-hybridized carbons (Fsp3) is 0.182. The Kier molecular flexibility index (Phi) is 3.88. The Morgan fingerprint density at radius 1 is 1.50 bits per heavy atom. The molecule has 1 rings (SSSR count). The Morgan fingerprint density at radius 3 is 2.86 bits per heavy atom. The topological polar surface area (TPSA) is 46.5 Å². The van der Waals surface area contributed by atoms with Crippen LogP contribution in [0.4, 0.5) is 0 Å². The van der Waals surface area contributed by atoms with Gasteiger partial charge in [0.2, 0.25) is 0 Å². The van der Waals surface area contributed by atoms with Gasteiger partial charge in [-0.25, -0.2) is 4.79 Å². The molecule has 0 saturated carbocycles. The first kappa shape index (κ1) is 10.5. The van der Waals surface area contributed by atoms with E-state index in [1.165, 1.54) is 0 Å². The number of esters is 1.